The van der Waals surface area contributed by atoms with E-state index >= 15 is 0 Å². The zero-order valence-electron chi connectivity index (χ0n) is 15.3. The van der Waals surface area contributed by atoms with Gasteiger partial charge in [-0.05, 0) is 70.9 Å². The number of hydrogen-bond donors (Lipinski definition) is 1. The van der Waals surface area contributed by atoms with Crippen molar-refractivity contribution in [1.29, 1.82) is 0 Å². The third-order valence-corrected chi connectivity index (χ3v) is 5.16. The average Bonchev–Trinajstić information content (AvgIpc) is 2.68. The first-order valence-electron chi connectivity index (χ1n) is 8.87. The SMILES string of the molecule is CCOc1cc(CNc2ccc(Br)cc2)cc(Br)c1OCc1ccccc1F. The fourth-order valence-electron chi connectivity index (χ4n) is 2.66. The second kappa shape index (κ2) is 9.94. The second-order valence-electron chi connectivity index (χ2n) is 6.08. The third-order valence-electron chi connectivity index (χ3n) is 4.04. The van der Waals surface area contributed by atoms with Crippen LogP contribution < -0.4 is 14.8 Å². The Morgan fingerprint density at radius 2 is 1.71 bits per heavy atom. The van der Waals surface area contributed by atoms with E-state index in [4.69, 9.17) is 9.47 Å². The highest BCUT2D eigenvalue weighted by Crippen LogP contribution is 2.37. The molecule has 0 radical (unpaired) electrons. The van der Waals surface area contributed by atoms with Crippen LogP contribution in [0.5, 0.6) is 11.5 Å². The van der Waals surface area contributed by atoms with Crippen molar-refractivity contribution in [3.63, 3.8) is 0 Å². The molecule has 0 fully saturated rings. The molecule has 0 amide bonds. The van der Waals surface area contributed by atoms with Gasteiger partial charge in [-0.3, -0.25) is 0 Å². The quantitative estimate of drug-likeness (QED) is 0.357. The van der Waals surface area contributed by atoms with Crippen molar-refractivity contribution in [3.05, 3.63) is 86.6 Å². The van der Waals surface area contributed by atoms with E-state index in [1.807, 2.05) is 43.3 Å². The zero-order valence-corrected chi connectivity index (χ0v) is 18.5. The standard InChI is InChI=1S/C22H20Br2FNO2/c1-2-27-21-12-15(13-26-18-9-7-17(23)8-10-18)11-19(24)22(21)28-14-16-5-3-4-6-20(16)25/h3-12,26H,2,13-14H2,1H3. The van der Waals surface area contributed by atoms with Crippen molar-refractivity contribution in [1.82, 2.24) is 0 Å². The summed E-state index contributed by atoms with van der Waals surface area (Å²) in [5.74, 6) is 0.908. The van der Waals surface area contributed by atoms with E-state index in [-0.39, 0.29) is 12.4 Å². The molecule has 0 aliphatic rings. The molecule has 0 aliphatic heterocycles. The highest BCUT2D eigenvalue weighted by atomic mass is 79.9. The summed E-state index contributed by atoms with van der Waals surface area (Å²) in [6, 6.07) is 18.5. The van der Waals surface area contributed by atoms with Crippen LogP contribution in [-0.2, 0) is 13.2 Å². The summed E-state index contributed by atoms with van der Waals surface area (Å²) >= 11 is 7.00. The topological polar surface area (TPSA) is 30.5 Å². The summed E-state index contributed by atoms with van der Waals surface area (Å²) in [5.41, 5.74) is 2.56. The summed E-state index contributed by atoms with van der Waals surface area (Å²) in [4.78, 5) is 0. The second-order valence-corrected chi connectivity index (χ2v) is 7.85. The lowest BCUT2D eigenvalue weighted by atomic mass is 10.2. The molecule has 3 nitrogen and oxygen atoms in total. The Bertz CT molecular complexity index is 932. The summed E-state index contributed by atoms with van der Waals surface area (Å²) in [6.07, 6.45) is 0. The number of nitrogens with one attached hydrogen (secondary N) is 1. The smallest absolute Gasteiger partial charge is 0.175 e. The van der Waals surface area contributed by atoms with E-state index in [9.17, 15) is 4.39 Å². The Morgan fingerprint density at radius 3 is 2.43 bits per heavy atom. The molecular weight excluding hydrogens is 489 g/mol. The predicted octanol–water partition coefficient (Wildman–Crippen LogP) is 6.94. The van der Waals surface area contributed by atoms with E-state index in [0.29, 0.717) is 30.2 Å². The molecule has 3 aromatic rings. The Labute approximate surface area is 181 Å². The zero-order chi connectivity index (χ0) is 19.9. The lowest BCUT2D eigenvalue weighted by molar-refractivity contribution is 0.264. The van der Waals surface area contributed by atoms with Crippen molar-refractivity contribution < 1.29 is 13.9 Å². The molecule has 3 rings (SSSR count). The molecule has 0 unspecified atom stereocenters. The highest BCUT2D eigenvalue weighted by Gasteiger charge is 2.13. The Morgan fingerprint density at radius 1 is 0.964 bits per heavy atom. The maximum Gasteiger partial charge on any atom is 0.175 e. The number of hydrogen-bond acceptors (Lipinski definition) is 3. The summed E-state index contributed by atoms with van der Waals surface area (Å²) in [6.45, 7) is 3.18. The van der Waals surface area contributed by atoms with Gasteiger partial charge in [0, 0.05) is 22.3 Å². The van der Waals surface area contributed by atoms with Crippen LogP contribution in [-0.4, -0.2) is 6.61 Å². The van der Waals surface area contributed by atoms with Crippen molar-refractivity contribution in [2.24, 2.45) is 0 Å². The third kappa shape index (κ3) is 5.49. The summed E-state index contributed by atoms with van der Waals surface area (Å²) < 4.78 is 27.3. The van der Waals surface area contributed by atoms with Gasteiger partial charge in [0.25, 0.3) is 0 Å². The van der Waals surface area contributed by atoms with Gasteiger partial charge in [-0.25, -0.2) is 4.39 Å². The largest absolute Gasteiger partial charge is 0.490 e. The van der Waals surface area contributed by atoms with E-state index in [1.54, 1.807) is 18.2 Å². The molecular formula is C22H20Br2FNO2. The molecule has 6 heteroatoms. The molecule has 0 aromatic heterocycles. The number of benzene rings is 3. The average molecular weight is 509 g/mol. The van der Waals surface area contributed by atoms with Gasteiger partial charge in [0.05, 0.1) is 11.1 Å². The minimum atomic E-state index is -0.285. The number of rotatable bonds is 8. The molecule has 3 aromatic carbocycles. The number of anilines is 1. The number of ether oxygens (including phenoxy) is 2. The lowest BCUT2D eigenvalue weighted by Crippen LogP contribution is -2.04. The van der Waals surface area contributed by atoms with Crippen LogP contribution in [0, 0.1) is 5.82 Å². The van der Waals surface area contributed by atoms with Crippen LogP contribution in [0.25, 0.3) is 0 Å². The van der Waals surface area contributed by atoms with E-state index in [2.05, 4.69) is 37.2 Å². The van der Waals surface area contributed by atoms with E-state index in [1.165, 1.54) is 6.07 Å². The first-order chi connectivity index (χ1) is 13.6. The Hall–Kier alpha value is -2.05. The van der Waals surface area contributed by atoms with Gasteiger partial charge >= 0.3 is 0 Å². The van der Waals surface area contributed by atoms with Crippen LogP contribution in [0.2, 0.25) is 0 Å². The summed E-state index contributed by atoms with van der Waals surface area (Å²) in [7, 11) is 0. The van der Waals surface area contributed by atoms with Crippen molar-refractivity contribution in [3.8, 4) is 11.5 Å². The number of halogens is 3. The lowest BCUT2D eigenvalue weighted by Gasteiger charge is -2.16. The van der Waals surface area contributed by atoms with Crippen molar-refractivity contribution in [2.45, 2.75) is 20.1 Å². The molecule has 0 heterocycles. The van der Waals surface area contributed by atoms with Crippen LogP contribution >= 0.6 is 31.9 Å². The maximum absolute atomic E-state index is 13.9. The Balaban J connectivity index is 1.75. The molecule has 146 valence electrons. The first kappa shape index (κ1) is 20.7. The molecule has 0 saturated carbocycles. The van der Waals surface area contributed by atoms with Gasteiger partial charge in [0.1, 0.15) is 12.4 Å². The monoisotopic (exact) mass is 507 g/mol. The van der Waals surface area contributed by atoms with Gasteiger partial charge in [-0.2, -0.15) is 0 Å². The van der Waals surface area contributed by atoms with Crippen LogP contribution in [0.4, 0.5) is 10.1 Å². The minimum absolute atomic E-state index is 0.127. The van der Waals surface area contributed by atoms with Crippen LogP contribution in [0.1, 0.15) is 18.1 Å². The molecule has 0 saturated heterocycles. The fourth-order valence-corrected chi connectivity index (χ4v) is 3.53. The van der Waals surface area contributed by atoms with Gasteiger partial charge < -0.3 is 14.8 Å². The fraction of sp³-hybridized carbons (Fsp3) is 0.182. The maximum atomic E-state index is 13.9. The molecule has 0 spiro atoms. The van der Waals surface area contributed by atoms with E-state index < -0.39 is 0 Å². The van der Waals surface area contributed by atoms with Gasteiger partial charge in [-0.1, -0.05) is 34.1 Å². The Kier molecular flexibility index (Phi) is 7.34. The van der Waals surface area contributed by atoms with Crippen molar-refractivity contribution >= 4 is 37.5 Å². The highest BCUT2D eigenvalue weighted by molar-refractivity contribution is 9.10. The molecule has 0 bridgehead atoms. The van der Waals surface area contributed by atoms with Crippen LogP contribution in [0.3, 0.4) is 0 Å². The van der Waals surface area contributed by atoms with Crippen molar-refractivity contribution in [2.75, 3.05) is 11.9 Å². The minimum Gasteiger partial charge on any atom is -0.490 e. The first-order valence-corrected chi connectivity index (χ1v) is 10.5. The summed E-state index contributed by atoms with van der Waals surface area (Å²) in [5, 5.41) is 3.38. The normalized spacial score (nSPS) is 10.6. The molecule has 1 N–H and O–H groups in total. The van der Waals surface area contributed by atoms with Gasteiger partial charge in [-0.15, -0.1) is 0 Å². The molecule has 28 heavy (non-hydrogen) atoms. The predicted molar refractivity (Wildman–Crippen MR) is 118 cm³/mol. The van der Waals surface area contributed by atoms with Crippen LogP contribution in [0.15, 0.2) is 69.6 Å². The van der Waals surface area contributed by atoms with E-state index in [0.717, 1.165) is 20.2 Å². The molecule has 0 atom stereocenters. The van der Waals surface area contributed by atoms with Gasteiger partial charge in [0.15, 0.2) is 11.5 Å². The van der Waals surface area contributed by atoms with Gasteiger partial charge in [0.2, 0.25) is 0 Å². The molecule has 0 aliphatic carbocycles.